The number of hydrogen-bond donors (Lipinski definition) is 4. The second-order valence-electron chi connectivity index (χ2n) is 18.9. The van der Waals surface area contributed by atoms with E-state index >= 15 is 0 Å². The number of phenolic OH excluding ortho intramolecular Hbond substituents is 4. The van der Waals surface area contributed by atoms with Gasteiger partial charge in [-0.15, -0.1) is 0 Å². The topological polar surface area (TPSA) is 116 Å². The van der Waals surface area contributed by atoms with Crippen LogP contribution >= 0.6 is 0 Å². The van der Waals surface area contributed by atoms with Gasteiger partial charge in [0.25, 0.3) is 0 Å². The van der Waals surface area contributed by atoms with Crippen LogP contribution in [0, 0.1) is 22.7 Å². The minimum absolute atomic E-state index is 0. The maximum Gasteiger partial charge on any atom is 0.166 e. The normalized spacial score (nSPS) is 13.9. The third kappa shape index (κ3) is 18.7. The van der Waals surface area contributed by atoms with Crippen molar-refractivity contribution < 1.29 is 34.7 Å². The van der Waals surface area contributed by atoms with Crippen LogP contribution in [0.3, 0.4) is 0 Å². The third-order valence-corrected chi connectivity index (χ3v) is 10.9. The number of Topliss-reactive ketones (excluding diaryl/α,β-unsaturated/α-hetero) is 1. The lowest BCUT2D eigenvalue weighted by Gasteiger charge is -2.29. The summed E-state index contributed by atoms with van der Waals surface area (Å²) in [7, 11) is 0. The van der Waals surface area contributed by atoms with Crippen LogP contribution in [0.15, 0.2) is 97.1 Å². The Kier molecular flexibility index (Phi) is 24.4. The highest BCUT2D eigenvalue weighted by Crippen LogP contribution is 2.40. The van der Waals surface area contributed by atoms with Gasteiger partial charge < -0.3 is 29.9 Å². The largest absolute Gasteiger partial charge is 0.504 e. The van der Waals surface area contributed by atoms with Gasteiger partial charge in [0, 0.05) is 17.9 Å². The fraction of sp³-hybridized carbons (Fsp3) is 0.537. The van der Waals surface area contributed by atoms with Gasteiger partial charge in [-0.25, -0.2) is 0 Å². The molecule has 0 aromatic heterocycles. The maximum absolute atomic E-state index is 12.6. The second-order valence-corrected chi connectivity index (χ2v) is 18.9. The summed E-state index contributed by atoms with van der Waals surface area (Å²) in [6.07, 6.45) is 2.16. The maximum atomic E-state index is 12.6. The van der Waals surface area contributed by atoms with E-state index in [1.807, 2.05) is 51.1 Å². The smallest absolute Gasteiger partial charge is 0.166 e. The monoisotopic (exact) mass is 845 g/mol. The first kappa shape index (κ1) is 56.7. The zero-order chi connectivity index (χ0) is 43.2. The number of carbonyl (C=O) groups excluding carboxylic acids is 1. The van der Waals surface area contributed by atoms with Crippen molar-refractivity contribution in [3.05, 3.63) is 119 Å². The Morgan fingerprint density at radius 1 is 0.557 bits per heavy atom. The molecule has 4 aromatic carbocycles. The summed E-state index contributed by atoms with van der Waals surface area (Å²) in [6, 6.07) is 31.2. The number of ketones is 1. The predicted molar refractivity (Wildman–Crippen MR) is 257 cm³/mol. The Hall–Kier alpha value is -4.33. The van der Waals surface area contributed by atoms with Crippen LogP contribution in [-0.2, 0) is 14.3 Å². The number of rotatable bonds is 18. The van der Waals surface area contributed by atoms with Crippen molar-refractivity contribution in [2.24, 2.45) is 22.7 Å². The summed E-state index contributed by atoms with van der Waals surface area (Å²) in [5, 5.41) is 39.5. The Morgan fingerprint density at radius 2 is 0.967 bits per heavy atom. The molecule has 5 atom stereocenters. The molecule has 0 heterocycles. The van der Waals surface area contributed by atoms with E-state index in [2.05, 4.69) is 90.9 Å². The lowest BCUT2D eigenvalue weighted by molar-refractivity contribution is -0.137. The number of aromatic hydroxyl groups is 4. The first-order valence-electron chi connectivity index (χ1n) is 21.0. The van der Waals surface area contributed by atoms with E-state index in [-0.39, 0.29) is 68.3 Å². The molecule has 0 aliphatic heterocycles. The summed E-state index contributed by atoms with van der Waals surface area (Å²) in [5.41, 5.74) is 4.24. The van der Waals surface area contributed by atoms with Crippen LogP contribution in [0.2, 0.25) is 0 Å². The Bertz CT molecular complexity index is 1810. The van der Waals surface area contributed by atoms with Crippen LogP contribution in [0.1, 0.15) is 164 Å². The zero-order valence-corrected chi connectivity index (χ0v) is 37.0. The van der Waals surface area contributed by atoms with Crippen molar-refractivity contribution in [1.29, 1.82) is 0 Å². The van der Waals surface area contributed by atoms with Gasteiger partial charge in [0.05, 0.1) is 13.2 Å². The summed E-state index contributed by atoms with van der Waals surface area (Å²) in [5.74, 6) is 1.51. The van der Waals surface area contributed by atoms with E-state index < -0.39 is 11.5 Å². The summed E-state index contributed by atoms with van der Waals surface area (Å²) in [4.78, 5) is 12.6. The number of carbonyl (C=O) groups is 1. The van der Waals surface area contributed by atoms with Crippen molar-refractivity contribution >= 4 is 5.78 Å². The molecular formula is C54H84O7. The van der Waals surface area contributed by atoms with Gasteiger partial charge >= 0.3 is 0 Å². The molecule has 4 N–H and O–H groups in total. The average Bonchev–Trinajstić information content (AvgIpc) is 3.16. The van der Waals surface area contributed by atoms with Gasteiger partial charge in [-0.1, -0.05) is 164 Å². The Balaban J connectivity index is 0.00000113. The van der Waals surface area contributed by atoms with E-state index in [1.165, 1.54) is 17.2 Å². The van der Waals surface area contributed by atoms with Gasteiger partial charge in [0.1, 0.15) is 6.10 Å². The van der Waals surface area contributed by atoms with E-state index in [0.717, 1.165) is 37.0 Å². The molecule has 0 aliphatic rings. The van der Waals surface area contributed by atoms with E-state index in [4.69, 9.17) is 9.47 Å². The van der Waals surface area contributed by atoms with Crippen LogP contribution in [0.25, 0.3) is 0 Å². The SMILES string of the molecule is C.C.C.CC(C)C(CC(CCOCC(C)(C)C)c1ccc(O)c(O)c1)c1ccccc1.CC(OCC(CC(c1ccccc1)C(C)C)c1ccc(O)c(O)c1)C(=O)C(C)(C)C. The van der Waals surface area contributed by atoms with Gasteiger partial charge in [-0.2, -0.15) is 0 Å². The molecule has 7 heteroatoms. The summed E-state index contributed by atoms with van der Waals surface area (Å²) >= 11 is 0. The highest BCUT2D eigenvalue weighted by Gasteiger charge is 2.30. The standard InChI is InChI=1S/C26H36O4.C25H36O3.3CH4/c1-17(2)22(19-10-8-7-9-11-19)14-21(20-12-13-23(27)24(28)15-20)16-30-18(3)25(29)26(4,5)6;1-18(2)22(19-9-7-6-8-10-19)15-21(13-14-28-17-25(3,4)5)20-11-12-23(26)24(27)16-20;;;/h7-13,15,17-18,21-22,27-28H,14,16H2,1-6H3;6-12,16,18,21-22,26-27H,13-15,17H2,1-5H3;3*1H4. The second kappa shape index (κ2) is 26.2. The molecule has 7 nitrogen and oxygen atoms in total. The first-order valence-corrected chi connectivity index (χ1v) is 21.0. The number of benzene rings is 4. The Morgan fingerprint density at radius 3 is 1.34 bits per heavy atom. The van der Waals surface area contributed by atoms with Crippen LogP contribution in [0.5, 0.6) is 23.0 Å². The van der Waals surface area contributed by atoms with Gasteiger partial charge in [-0.3, -0.25) is 4.79 Å². The molecule has 0 aliphatic carbocycles. The quantitative estimate of drug-likeness (QED) is 0.0582. The van der Waals surface area contributed by atoms with Crippen LogP contribution in [0.4, 0.5) is 0 Å². The van der Waals surface area contributed by atoms with Crippen molar-refractivity contribution in [1.82, 2.24) is 0 Å². The molecule has 4 rings (SSSR count). The predicted octanol–water partition coefficient (Wildman–Crippen LogP) is 14.4. The van der Waals surface area contributed by atoms with Gasteiger partial charge in [-0.05, 0) is 108 Å². The van der Waals surface area contributed by atoms with Crippen LogP contribution < -0.4 is 0 Å². The zero-order valence-electron chi connectivity index (χ0n) is 37.0. The molecule has 5 unspecified atom stereocenters. The summed E-state index contributed by atoms with van der Waals surface area (Å²) in [6.45, 7) is 24.7. The number of hydrogen-bond acceptors (Lipinski definition) is 7. The molecule has 61 heavy (non-hydrogen) atoms. The molecule has 0 fully saturated rings. The number of phenols is 4. The van der Waals surface area contributed by atoms with Gasteiger partial charge in [0.2, 0.25) is 0 Å². The lowest BCUT2D eigenvalue weighted by atomic mass is 9.78. The highest BCUT2D eigenvalue weighted by molar-refractivity contribution is 5.87. The van der Waals surface area contributed by atoms with E-state index in [9.17, 15) is 25.2 Å². The molecular weight excluding hydrogens is 761 g/mol. The van der Waals surface area contributed by atoms with Crippen molar-refractivity contribution in [3.8, 4) is 23.0 Å². The fourth-order valence-electron chi connectivity index (χ4n) is 7.46. The first-order chi connectivity index (χ1) is 27.2. The average molecular weight is 845 g/mol. The van der Waals surface area contributed by atoms with Crippen LogP contribution in [-0.4, -0.2) is 52.1 Å². The molecule has 0 saturated heterocycles. The molecule has 0 spiro atoms. The third-order valence-electron chi connectivity index (χ3n) is 10.9. The molecule has 0 saturated carbocycles. The number of ether oxygens (including phenoxy) is 2. The molecule has 0 radical (unpaired) electrons. The summed E-state index contributed by atoms with van der Waals surface area (Å²) < 4.78 is 12.0. The molecule has 342 valence electrons. The van der Waals surface area contributed by atoms with Crippen molar-refractivity contribution in [3.63, 3.8) is 0 Å². The minimum Gasteiger partial charge on any atom is -0.504 e. The molecule has 0 bridgehead atoms. The van der Waals surface area contributed by atoms with Crippen molar-refractivity contribution in [2.45, 2.75) is 147 Å². The van der Waals surface area contributed by atoms with Gasteiger partial charge in [0.15, 0.2) is 28.8 Å². The minimum atomic E-state index is -0.507. The fourth-order valence-corrected chi connectivity index (χ4v) is 7.46. The Labute approximate surface area is 371 Å². The molecule has 4 aromatic rings. The molecule has 0 amide bonds. The van der Waals surface area contributed by atoms with Crippen molar-refractivity contribution in [2.75, 3.05) is 19.8 Å². The van der Waals surface area contributed by atoms with E-state index in [1.54, 1.807) is 25.1 Å². The van der Waals surface area contributed by atoms with E-state index in [0.29, 0.717) is 36.9 Å². The highest BCUT2D eigenvalue weighted by atomic mass is 16.5. The lowest BCUT2D eigenvalue weighted by Crippen LogP contribution is -2.33.